The van der Waals surface area contributed by atoms with Crippen LogP contribution in [0.25, 0.3) is 0 Å². The van der Waals surface area contributed by atoms with E-state index < -0.39 is 0 Å². The summed E-state index contributed by atoms with van der Waals surface area (Å²) in [5, 5.41) is 0. The number of carbonyl (C=O) groups is 1. The lowest BCUT2D eigenvalue weighted by Gasteiger charge is -2.23. The Morgan fingerprint density at radius 3 is 2.56 bits per heavy atom. The summed E-state index contributed by atoms with van der Waals surface area (Å²) < 4.78 is 0. The molecule has 0 saturated heterocycles. The summed E-state index contributed by atoms with van der Waals surface area (Å²) in [6, 6.07) is 6.51. The molecule has 16 heavy (non-hydrogen) atoms. The van der Waals surface area contributed by atoms with Gasteiger partial charge in [-0.25, -0.2) is 0 Å². The van der Waals surface area contributed by atoms with E-state index in [1.54, 1.807) is 0 Å². The molecule has 1 saturated carbocycles. The highest BCUT2D eigenvalue weighted by Crippen LogP contribution is 2.28. The van der Waals surface area contributed by atoms with Gasteiger partial charge in [-0.15, -0.1) is 0 Å². The number of Topliss-reactive ketones (excluding diaryl/α,β-unsaturated/α-hetero) is 1. The van der Waals surface area contributed by atoms with E-state index in [9.17, 15) is 4.79 Å². The van der Waals surface area contributed by atoms with Gasteiger partial charge in [-0.3, -0.25) is 4.79 Å². The molecule has 1 aromatic rings. The second-order valence-electron chi connectivity index (χ2n) is 5.01. The highest BCUT2D eigenvalue weighted by Gasteiger charge is 2.24. The molecule has 1 heteroatoms. The predicted octanol–water partition coefficient (Wildman–Crippen LogP) is 3.61. The summed E-state index contributed by atoms with van der Waals surface area (Å²) in [6.07, 6.45) is 5.15. The fourth-order valence-electron chi connectivity index (χ4n) is 2.16. The number of benzene rings is 1. The lowest BCUT2D eigenvalue weighted by Crippen LogP contribution is -2.22. The van der Waals surface area contributed by atoms with Crippen molar-refractivity contribution in [2.75, 3.05) is 0 Å². The van der Waals surface area contributed by atoms with Gasteiger partial charge in [0.15, 0.2) is 0 Å². The first-order valence-electron chi connectivity index (χ1n) is 6.25. The van der Waals surface area contributed by atoms with Crippen LogP contribution in [-0.2, 0) is 11.2 Å². The summed E-state index contributed by atoms with van der Waals surface area (Å²) in [5.74, 6) is 0.871. The largest absolute Gasteiger partial charge is 0.299 e. The summed E-state index contributed by atoms with van der Waals surface area (Å²) in [6.45, 7) is 4.26. The number of ketones is 1. The fraction of sp³-hybridized carbons (Fsp3) is 0.533. The van der Waals surface area contributed by atoms with Crippen LogP contribution in [0.5, 0.6) is 0 Å². The van der Waals surface area contributed by atoms with Gasteiger partial charge in [0.2, 0.25) is 0 Å². The Bertz CT molecular complexity index is 388. The quantitative estimate of drug-likeness (QED) is 0.751. The van der Waals surface area contributed by atoms with Crippen LogP contribution in [0.15, 0.2) is 18.2 Å². The number of hydrogen-bond acceptors (Lipinski definition) is 1. The van der Waals surface area contributed by atoms with E-state index in [1.165, 1.54) is 23.1 Å². The van der Waals surface area contributed by atoms with E-state index in [4.69, 9.17) is 0 Å². The Kier molecular flexibility index (Phi) is 3.42. The molecule has 1 aliphatic carbocycles. The van der Waals surface area contributed by atoms with Gasteiger partial charge < -0.3 is 0 Å². The average Bonchev–Trinajstić information content (AvgIpc) is 2.17. The zero-order chi connectivity index (χ0) is 11.5. The van der Waals surface area contributed by atoms with Crippen molar-refractivity contribution >= 4 is 5.78 Å². The SMILES string of the molecule is Cc1ccc(CCC(=O)C2CCC2)cc1C. The average molecular weight is 216 g/mol. The molecule has 0 amide bonds. The fourth-order valence-corrected chi connectivity index (χ4v) is 2.16. The first kappa shape index (κ1) is 11.4. The maximum Gasteiger partial charge on any atom is 0.136 e. The second kappa shape index (κ2) is 4.82. The van der Waals surface area contributed by atoms with Crippen molar-refractivity contribution in [1.29, 1.82) is 0 Å². The van der Waals surface area contributed by atoms with E-state index in [2.05, 4.69) is 32.0 Å². The molecule has 0 aliphatic heterocycles. The molecular weight excluding hydrogens is 196 g/mol. The standard InChI is InChI=1S/C15H20O/c1-11-6-7-13(10-12(11)2)8-9-15(16)14-4-3-5-14/h6-7,10,14H,3-5,8-9H2,1-2H3. The van der Waals surface area contributed by atoms with Crippen LogP contribution in [-0.4, -0.2) is 5.78 Å². The van der Waals surface area contributed by atoms with Crippen molar-refractivity contribution < 1.29 is 4.79 Å². The number of carbonyl (C=O) groups excluding carboxylic acids is 1. The van der Waals surface area contributed by atoms with Crippen molar-refractivity contribution in [1.82, 2.24) is 0 Å². The van der Waals surface area contributed by atoms with Crippen molar-refractivity contribution in [2.45, 2.75) is 46.0 Å². The summed E-state index contributed by atoms with van der Waals surface area (Å²) in [5.41, 5.74) is 3.96. The Morgan fingerprint density at radius 2 is 2.00 bits per heavy atom. The number of hydrogen-bond donors (Lipinski definition) is 0. The lowest BCUT2D eigenvalue weighted by molar-refractivity contribution is -0.125. The Balaban J connectivity index is 1.89. The van der Waals surface area contributed by atoms with Gasteiger partial charge >= 0.3 is 0 Å². The smallest absolute Gasteiger partial charge is 0.136 e. The Labute approximate surface area is 97.9 Å². The highest BCUT2D eigenvalue weighted by atomic mass is 16.1. The minimum Gasteiger partial charge on any atom is -0.299 e. The lowest BCUT2D eigenvalue weighted by atomic mass is 9.80. The summed E-state index contributed by atoms with van der Waals surface area (Å²) >= 11 is 0. The van der Waals surface area contributed by atoms with Crippen molar-refractivity contribution in [3.63, 3.8) is 0 Å². The number of rotatable bonds is 4. The van der Waals surface area contributed by atoms with Gasteiger partial charge in [0.25, 0.3) is 0 Å². The maximum absolute atomic E-state index is 11.8. The van der Waals surface area contributed by atoms with Gasteiger partial charge in [0, 0.05) is 12.3 Å². The van der Waals surface area contributed by atoms with Crippen LogP contribution in [0.1, 0.15) is 42.4 Å². The molecule has 1 nitrogen and oxygen atoms in total. The monoisotopic (exact) mass is 216 g/mol. The molecule has 2 rings (SSSR count). The van der Waals surface area contributed by atoms with E-state index in [0.717, 1.165) is 25.7 Å². The van der Waals surface area contributed by atoms with Crippen LogP contribution in [0.3, 0.4) is 0 Å². The van der Waals surface area contributed by atoms with Gasteiger partial charge in [-0.1, -0.05) is 24.6 Å². The van der Waals surface area contributed by atoms with E-state index in [0.29, 0.717) is 11.7 Å². The van der Waals surface area contributed by atoms with Gasteiger partial charge in [-0.2, -0.15) is 0 Å². The van der Waals surface area contributed by atoms with Gasteiger partial charge in [-0.05, 0) is 49.8 Å². The highest BCUT2D eigenvalue weighted by molar-refractivity contribution is 5.81. The Hall–Kier alpha value is -1.11. The maximum atomic E-state index is 11.8. The molecule has 0 N–H and O–H groups in total. The molecule has 0 heterocycles. The van der Waals surface area contributed by atoms with Gasteiger partial charge in [0.05, 0.1) is 0 Å². The van der Waals surface area contributed by atoms with Gasteiger partial charge in [0.1, 0.15) is 5.78 Å². The first-order valence-corrected chi connectivity index (χ1v) is 6.25. The van der Waals surface area contributed by atoms with Crippen molar-refractivity contribution in [3.05, 3.63) is 34.9 Å². The minimum absolute atomic E-state index is 0.395. The minimum atomic E-state index is 0.395. The molecule has 0 aromatic heterocycles. The first-order chi connectivity index (χ1) is 7.66. The third-order valence-corrected chi connectivity index (χ3v) is 3.79. The zero-order valence-electron chi connectivity index (χ0n) is 10.3. The normalized spacial score (nSPS) is 15.9. The predicted molar refractivity (Wildman–Crippen MR) is 66.6 cm³/mol. The number of aryl methyl sites for hydroxylation is 3. The third kappa shape index (κ3) is 2.52. The Morgan fingerprint density at radius 1 is 1.25 bits per heavy atom. The molecule has 0 spiro atoms. The molecule has 0 atom stereocenters. The van der Waals surface area contributed by atoms with Crippen molar-refractivity contribution in [3.8, 4) is 0 Å². The molecule has 0 bridgehead atoms. The van der Waals surface area contributed by atoms with Crippen LogP contribution < -0.4 is 0 Å². The van der Waals surface area contributed by atoms with Crippen molar-refractivity contribution in [2.24, 2.45) is 5.92 Å². The summed E-state index contributed by atoms with van der Waals surface area (Å²) in [4.78, 5) is 11.8. The van der Waals surface area contributed by atoms with Crippen LogP contribution in [0.4, 0.5) is 0 Å². The van der Waals surface area contributed by atoms with E-state index in [1.807, 2.05) is 0 Å². The molecule has 1 aliphatic rings. The van der Waals surface area contributed by atoms with Crippen LogP contribution in [0.2, 0.25) is 0 Å². The summed E-state index contributed by atoms with van der Waals surface area (Å²) in [7, 11) is 0. The third-order valence-electron chi connectivity index (χ3n) is 3.79. The molecule has 86 valence electrons. The molecular formula is C15H20O. The van der Waals surface area contributed by atoms with Crippen LogP contribution in [0, 0.1) is 19.8 Å². The zero-order valence-corrected chi connectivity index (χ0v) is 10.3. The molecule has 1 aromatic carbocycles. The molecule has 0 unspecified atom stereocenters. The van der Waals surface area contributed by atoms with E-state index in [-0.39, 0.29) is 0 Å². The second-order valence-corrected chi connectivity index (χ2v) is 5.01. The van der Waals surface area contributed by atoms with Crippen LogP contribution >= 0.6 is 0 Å². The molecule has 0 radical (unpaired) electrons. The molecule has 1 fully saturated rings. The topological polar surface area (TPSA) is 17.1 Å². The van der Waals surface area contributed by atoms with E-state index >= 15 is 0 Å².